The Kier molecular flexibility index (Phi) is 35.8. The summed E-state index contributed by atoms with van der Waals surface area (Å²) < 4.78 is 5.32. The van der Waals surface area contributed by atoms with Crippen molar-refractivity contribution >= 4 is 93.4 Å². The molecule has 4 bridgehead atoms. The van der Waals surface area contributed by atoms with Crippen LogP contribution in [0.5, 0.6) is 5.75 Å². The van der Waals surface area contributed by atoms with Gasteiger partial charge in [-0.2, -0.15) is 0 Å². The molecule has 27 heteroatoms. The first-order chi connectivity index (χ1) is 63.6. The number of amides is 6. The summed E-state index contributed by atoms with van der Waals surface area (Å²) in [5, 5.41) is 23.1. The van der Waals surface area contributed by atoms with E-state index in [4.69, 9.17) is 62.3 Å². The zero-order valence-corrected chi connectivity index (χ0v) is 76.4. The fourth-order valence-corrected chi connectivity index (χ4v) is 20.4. The first kappa shape index (κ1) is 96.4. The molecule has 0 radical (unpaired) electrons. The van der Waals surface area contributed by atoms with E-state index in [9.17, 15) is 28.8 Å². The van der Waals surface area contributed by atoms with Crippen molar-refractivity contribution < 1.29 is 33.5 Å². The number of aliphatic imine (C=N–C) groups is 3. The number of fused-ring (bicyclic) bond motifs is 1. The number of carbonyl (C=O) groups is 6. The molecule has 3 aliphatic heterocycles. The average molecular weight is 1810 g/mol. The van der Waals surface area contributed by atoms with Gasteiger partial charge in [-0.05, 0) is 206 Å². The summed E-state index contributed by atoms with van der Waals surface area (Å²) >= 11 is 12.2. The Morgan fingerprint density at radius 3 is 1.17 bits per heavy atom. The van der Waals surface area contributed by atoms with Crippen LogP contribution in [0.15, 0.2) is 258 Å². The number of nitrogens with two attached hydrogens (primary N) is 6. The lowest BCUT2D eigenvalue weighted by molar-refractivity contribution is -0.138. The van der Waals surface area contributed by atoms with Gasteiger partial charge in [0.05, 0.1) is 25.2 Å². The number of halogens is 2. The topological polar surface area (TPSA) is 387 Å². The number of nitrogens with one attached hydrogen (secondary N) is 6. The number of ether oxygens (including phenoxy) is 1. The highest BCUT2D eigenvalue weighted by Crippen LogP contribution is 2.56. The maximum Gasteiger partial charge on any atom is 0.251 e. The maximum atomic E-state index is 14.1. The van der Waals surface area contributed by atoms with E-state index in [1.165, 1.54) is 49.3 Å². The summed E-state index contributed by atoms with van der Waals surface area (Å²) in [5.41, 5.74) is 41.4. The van der Waals surface area contributed by atoms with E-state index in [1.54, 1.807) is 31.4 Å². The van der Waals surface area contributed by atoms with Gasteiger partial charge in [0.25, 0.3) is 5.91 Å². The predicted octanol–water partition coefficient (Wildman–Crippen LogP) is 12.2. The van der Waals surface area contributed by atoms with Crippen molar-refractivity contribution in [1.29, 1.82) is 0 Å². The Bertz CT molecular complexity index is 5180. The third kappa shape index (κ3) is 28.2. The SMILES string of the molecule is COc1ccc2cc(C(=O)NC[C@@H]3CCN(CC(c4ccccc4)c4ccccc4)C(=O)[C@H](CCCN=C(N)N)N3)ccc2c1.NC(N)=NCCC[C@@H]1N[C@H](CNC(=O)/C=C/c2ccc(Cl)cc2Cl)CCN(CC(c2ccccc2)c2ccccc2)C1=O.NC(N)=NCCC[C@@H]1N[C@H](CNC(=O)C2C3CC4CC(C3)CC2C4)CCN(CC(c2ccccc2)c2ccccc2)C1=O. The Hall–Kier alpha value is -12.1. The number of hydrogen-bond acceptors (Lipinski definition) is 13. The van der Waals surface area contributed by atoms with E-state index < -0.39 is 12.1 Å². The average Bonchev–Trinajstić information content (AvgIpc) is 1.17. The normalized spacial score (nSPS) is 21.2. The second-order valence-electron chi connectivity index (χ2n) is 35.5. The van der Waals surface area contributed by atoms with Crippen LogP contribution in [0.4, 0.5) is 0 Å². The van der Waals surface area contributed by atoms with Gasteiger partial charge >= 0.3 is 0 Å². The third-order valence-electron chi connectivity index (χ3n) is 26.4. The number of carbonyl (C=O) groups excluding carboxylic acids is 6. The first-order valence-corrected chi connectivity index (χ1v) is 47.1. The molecular weight excluding hydrogens is 1680 g/mol. The number of rotatable bonds is 35. The Morgan fingerprint density at radius 2 is 0.802 bits per heavy atom. The van der Waals surface area contributed by atoms with Crippen molar-refractivity contribution in [3.05, 3.63) is 297 Å². The summed E-state index contributed by atoms with van der Waals surface area (Å²) in [4.78, 5) is 99.7. The molecule has 7 fully saturated rings. The lowest BCUT2D eigenvalue weighted by Gasteiger charge is -2.53. The van der Waals surface area contributed by atoms with Gasteiger partial charge in [-0.1, -0.05) is 223 Å². The summed E-state index contributed by atoms with van der Waals surface area (Å²) in [6, 6.07) is 77.2. The van der Waals surface area contributed by atoms with E-state index in [0.717, 1.165) is 57.0 Å². The van der Waals surface area contributed by atoms with Gasteiger partial charge in [0.2, 0.25) is 29.5 Å². The zero-order valence-electron chi connectivity index (χ0n) is 74.9. The molecule has 4 aliphatic carbocycles. The van der Waals surface area contributed by atoms with Gasteiger partial charge in [-0.25, -0.2) is 0 Å². The quantitative estimate of drug-likeness (QED) is 0.00760. The maximum absolute atomic E-state index is 14.1. The van der Waals surface area contributed by atoms with Crippen LogP contribution < -0.4 is 71.0 Å². The molecule has 0 aromatic heterocycles. The molecule has 7 aliphatic rings. The molecule has 9 aromatic carbocycles. The standard InChI is InChI=1S/C36H42N6O3.C35H48N6O2.C33H38Cl2N6O2/c1-45-31-17-16-27-21-29(15-14-28(27)22-31)34(43)40-23-30-18-20-42(35(44)33(41-30)13-8-19-39-36(37)38)24-32(25-9-4-2-5-10-25)26-11-6-3-7-12-26;36-35(37)38-14-7-12-31-34(43)41(22-30(25-8-3-1-4-9-25)26-10-5-2-6-11-26)15-13-29(40-31)21-39-33(42)32-27-17-23-16-24(19-27)20-28(32)18-23;34-26-15-13-25(29(35)20-26)14-16-31(42)39-21-27-17-19-41(32(43)30(40-27)12-7-18-38-33(36)37)22-28(23-8-3-1-4-9-23)24-10-5-2-6-11-24/h2-7,9-12,14-17,21-22,30,32-33,41H,8,13,18-20,23-24H2,1H3,(H,40,43)(H4,37,38,39);1-6,8-11,23-24,27-32,40H,7,12-22H2,(H,39,42)(H4,36,37,38);1-6,8-11,13-16,20,27-28,30,40H,7,12,17-19,21-22H2,(H,39,42)(H4,36,37,38)/b;;16-14+/t30-,33-;23?,24?,27?,28?,29-,31-,32?;27-,30-/m000/s1. The first-order valence-electron chi connectivity index (χ1n) is 46.3. The molecule has 690 valence electrons. The highest BCUT2D eigenvalue weighted by atomic mass is 35.5. The van der Waals surface area contributed by atoms with Crippen LogP contribution in [0.2, 0.25) is 10.0 Å². The highest BCUT2D eigenvalue weighted by molar-refractivity contribution is 6.35. The summed E-state index contributed by atoms with van der Waals surface area (Å²) in [6.45, 7) is 6.15. The van der Waals surface area contributed by atoms with Gasteiger partial charge in [0, 0.05) is 142 Å². The molecule has 18 N–H and O–H groups in total. The molecule has 3 heterocycles. The molecule has 0 spiro atoms. The molecule has 131 heavy (non-hydrogen) atoms. The second-order valence-corrected chi connectivity index (χ2v) is 36.4. The lowest BCUT2D eigenvalue weighted by atomic mass is 9.51. The lowest BCUT2D eigenvalue weighted by Crippen LogP contribution is -2.53. The number of guanidine groups is 3. The van der Waals surface area contributed by atoms with Crippen LogP contribution in [0, 0.1) is 29.6 Å². The molecule has 6 atom stereocenters. The molecule has 4 saturated carbocycles. The minimum atomic E-state index is -0.436. The second kappa shape index (κ2) is 48.7. The van der Waals surface area contributed by atoms with Crippen molar-refractivity contribution in [2.75, 3.05) is 85.6 Å². The monoisotopic (exact) mass is 1810 g/mol. The van der Waals surface area contributed by atoms with E-state index >= 15 is 0 Å². The van der Waals surface area contributed by atoms with Crippen LogP contribution in [0.3, 0.4) is 0 Å². The minimum Gasteiger partial charge on any atom is -0.497 e. The van der Waals surface area contributed by atoms with Crippen molar-refractivity contribution in [3.63, 3.8) is 0 Å². The Balaban J connectivity index is 0.000000167. The molecule has 25 nitrogen and oxygen atoms in total. The summed E-state index contributed by atoms with van der Waals surface area (Å²) in [6.07, 6.45) is 15.3. The van der Waals surface area contributed by atoms with Gasteiger partial charge in [0.1, 0.15) is 5.75 Å². The van der Waals surface area contributed by atoms with Gasteiger partial charge in [-0.3, -0.25) is 43.7 Å². The van der Waals surface area contributed by atoms with Crippen molar-refractivity contribution in [2.24, 2.45) is 79.0 Å². The van der Waals surface area contributed by atoms with E-state index in [0.29, 0.717) is 163 Å². The number of hydrogen-bond donors (Lipinski definition) is 12. The van der Waals surface area contributed by atoms with Crippen molar-refractivity contribution in [2.45, 2.75) is 144 Å². The van der Waals surface area contributed by atoms with E-state index in [2.05, 4.69) is 144 Å². The fourth-order valence-electron chi connectivity index (χ4n) is 20.0. The molecular formula is C104H128Cl2N18O7. The molecule has 0 unspecified atom stereocenters. The molecule has 6 amide bonds. The Morgan fingerprint density at radius 1 is 0.443 bits per heavy atom. The summed E-state index contributed by atoms with van der Waals surface area (Å²) in [7, 11) is 1.64. The summed E-state index contributed by atoms with van der Waals surface area (Å²) in [5.74, 6) is 4.06. The number of methoxy groups -OCH3 is 1. The minimum absolute atomic E-state index is 0.0229. The Labute approximate surface area is 780 Å². The van der Waals surface area contributed by atoms with Crippen LogP contribution in [-0.4, -0.2) is 190 Å². The van der Waals surface area contributed by atoms with Crippen LogP contribution in [-0.2, 0) is 24.0 Å². The van der Waals surface area contributed by atoms with Crippen molar-refractivity contribution in [1.82, 2.24) is 46.6 Å². The smallest absolute Gasteiger partial charge is 0.251 e. The largest absolute Gasteiger partial charge is 0.497 e. The molecule has 16 rings (SSSR count). The number of nitrogens with zero attached hydrogens (tertiary/aromatic N) is 6. The van der Waals surface area contributed by atoms with Crippen LogP contribution in [0.25, 0.3) is 16.8 Å². The van der Waals surface area contributed by atoms with Crippen LogP contribution >= 0.6 is 23.2 Å². The van der Waals surface area contributed by atoms with Gasteiger partial charge < -0.3 is 85.7 Å². The van der Waals surface area contributed by atoms with Gasteiger partial charge in [-0.15, -0.1) is 0 Å². The van der Waals surface area contributed by atoms with Crippen molar-refractivity contribution in [3.8, 4) is 5.75 Å². The molecule has 3 saturated heterocycles. The van der Waals surface area contributed by atoms with Crippen LogP contribution in [0.1, 0.15) is 157 Å². The highest BCUT2D eigenvalue weighted by Gasteiger charge is 2.51. The zero-order chi connectivity index (χ0) is 92.0. The third-order valence-corrected chi connectivity index (χ3v) is 27.0. The van der Waals surface area contributed by atoms with E-state index in [-0.39, 0.29) is 101 Å². The fraction of sp³-hybridized carbons (Fsp3) is 0.394. The van der Waals surface area contributed by atoms with Gasteiger partial charge in [0.15, 0.2) is 17.9 Å². The predicted molar refractivity (Wildman–Crippen MR) is 525 cm³/mol. The van der Waals surface area contributed by atoms with E-state index in [1.807, 2.05) is 136 Å². The molecule has 9 aromatic rings. The number of benzene rings is 9.